The Morgan fingerprint density at radius 3 is 1.50 bits per heavy atom. The molecule has 0 spiro atoms. The summed E-state index contributed by atoms with van der Waals surface area (Å²) in [6, 6.07) is 0. The van der Waals surface area contributed by atoms with Gasteiger partial charge in [0.05, 0.1) is 0 Å². The van der Waals surface area contributed by atoms with Crippen LogP contribution in [0.3, 0.4) is 0 Å². The molecule has 0 saturated heterocycles. The Morgan fingerprint density at radius 1 is 1.50 bits per heavy atom. The van der Waals surface area contributed by atoms with Crippen molar-refractivity contribution in [3.8, 4) is 0 Å². The number of hydrogen-bond donors (Lipinski definition) is 1. The van der Waals surface area contributed by atoms with Crippen molar-refractivity contribution in [3.05, 3.63) is 0 Å². The van der Waals surface area contributed by atoms with Crippen LogP contribution in [0, 0.1) is 0 Å². The van der Waals surface area contributed by atoms with Crippen LogP contribution in [0.2, 0.25) is 0 Å². The van der Waals surface area contributed by atoms with Gasteiger partial charge in [-0.3, -0.25) is 0 Å². The van der Waals surface area contributed by atoms with Crippen LogP contribution in [0.4, 0.5) is 0 Å². The molecule has 8 heavy (non-hydrogen) atoms. The fraction of sp³-hybridized carbons (Fsp3) is 1.00. The summed E-state index contributed by atoms with van der Waals surface area (Å²) in [5.41, 5.74) is 0. The van der Waals surface area contributed by atoms with E-state index in [1.807, 2.05) is 0 Å². The molecule has 0 atom stereocenters. The predicted molar refractivity (Wildman–Crippen MR) is 27.9 cm³/mol. The summed E-state index contributed by atoms with van der Waals surface area (Å²) in [6.07, 6.45) is -0.167. The first-order chi connectivity index (χ1) is 3.15. The predicted octanol–water partition coefficient (Wildman–Crippen LogP) is -3.24. The van der Waals surface area contributed by atoms with Crippen LogP contribution < -0.4 is 34.7 Å². The second kappa shape index (κ2) is 15.7. The second-order valence-electron chi connectivity index (χ2n) is 1.38. The molecule has 0 rings (SSSR count). The third-order valence-corrected chi connectivity index (χ3v) is 0. The van der Waals surface area contributed by atoms with Gasteiger partial charge in [0.25, 0.3) is 0 Å². The third kappa shape index (κ3) is 287. The van der Waals surface area contributed by atoms with E-state index in [0.29, 0.717) is 0 Å². The van der Waals surface area contributed by atoms with Crippen LogP contribution in [-0.4, -0.2) is 17.8 Å². The molecule has 0 aliphatic heterocycles. The van der Waals surface area contributed by atoms with Crippen LogP contribution in [0.1, 0.15) is 20.8 Å². The van der Waals surface area contributed by atoms with Gasteiger partial charge in [-0.15, -0.1) is 6.61 Å². The van der Waals surface area contributed by atoms with Crippen molar-refractivity contribution in [1.82, 2.24) is 0 Å². The standard InChI is InChI=1S/C3H8O.C2H5O.Na/c1-3(2)4;1-2-3;/h3-4H,1-2H3;2H2,1H3;/q;-1;+1. The summed E-state index contributed by atoms with van der Waals surface area (Å²) in [5, 5.41) is 17.0. The summed E-state index contributed by atoms with van der Waals surface area (Å²) in [4.78, 5) is 0. The van der Waals surface area contributed by atoms with Crippen LogP contribution in [0.15, 0.2) is 0 Å². The first-order valence-corrected chi connectivity index (χ1v) is 2.41. The number of aliphatic hydroxyl groups excluding tert-OH is 1. The molecule has 0 radical (unpaired) electrons. The Balaban J connectivity index is -0.0000000575. The maximum Gasteiger partial charge on any atom is 1.00 e. The van der Waals surface area contributed by atoms with E-state index in [0.717, 1.165) is 0 Å². The molecule has 1 N–H and O–H groups in total. The van der Waals surface area contributed by atoms with Crippen molar-refractivity contribution in [2.75, 3.05) is 6.61 Å². The van der Waals surface area contributed by atoms with E-state index in [1.165, 1.54) is 0 Å². The normalized spacial score (nSPS) is 6.75. The van der Waals surface area contributed by atoms with Gasteiger partial charge in [-0.1, -0.05) is 6.92 Å². The topological polar surface area (TPSA) is 43.3 Å². The Bertz CT molecular complexity index is 21.6. The molecule has 2 nitrogen and oxygen atoms in total. The molecule has 0 aromatic rings. The monoisotopic (exact) mass is 128 g/mol. The fourth-order valence-electron chi connectivity index (χ4n) is 0. The molecule has 0 aromatic heterocycles. The maximum absolute atomic E-state index is 8.93. The molecular formula is C5H13NaO2. The van der Waals surface area contributed by atoms with Crippen LogP contribution in [0.25, 0.3) is 0 Å². The zero-order valence-electron chi connectivity index (χ0n) is 6.14. The van der Waals surface area contributed by atoms with Gasteiger partial charge in [-0.05, 0) is 13.8 Å². The van der Waals surface area contributed by atoms with Gasteiger partial charge in [0.15, 0.2) is 0 Å². The minimum Gasteiger partial charge on any atom is -0.855 e. The van der Waals surface area contributed by atoms with Crippen LogP contribution in [-0.2, 0) is 0 Å². The summed E-state index contributed by atoms with van der Waals surface area (Å²) in [6.45, 7) is 5.01. The van der Waals surface area contributed by atoms with Crippen molar-refractivity contribution >= 4 is 0 Å². The van der Waals surface area contributed by atoms with Gasteiger partial charge in [0.1, 0.15) is 0 Å². The maximum atomic E-state index is 8.93. The van der Waals surface area contributed by atoms with Crippen LogP contribution in [0.5, 0.6) is 0 Å². The zero-order chi connectivity index (χ0) is 6.28. The Hall–Kier alpha value is 0.920. The van der Waals surface area contributed by atoms with Gasteiger partial charge in [-0.25, -0.2) is 0 Å². The molecular weight excluding hydrogens is 115 g/mol. The summed E-state index contributed by atoms with van der Waals surface area (Å²) in [5.74, 6) is 0. The Kier molecular flexibility index (Phi) is 31.3. The zero-order valence-corrected chi connectivity index (χ0v) is 8.14. The van der Waals surface area contributed by atoms with Crippen molar-refractivity contribution in [1.29, 1.82) is 0 Å². The van der Waals surface area contributed by atoms with Crippen LogP contribution >= 0.6 is 0 Å². The van der Waals surface area contributed by atoms with E-state index in [9.17, 15) is 0 Å². The molecule has 0 aromatic carbocycles. The van der Waals surface area contributed by atoms with E-state index in [4.69, 9.17) is 10.2 Å². The van der Waals surface area contributed by atoms with Gasteiger partial charge in [-0.2, -0.15) is 0 Å². The Morgan fingerprint density at radius 2 is 1.50 bits per heavy atom. The van der Waals surface area contributed by atoms with E-state index in [2.05, 4.69) is 0 Å². The van der Waals surface area contributed by atoms with Gasteiger partial charge in [0.2, 0.25) is 0 Å². The molecule has 0 aliphatic rings. The number of aliphatic hydroxyl groups is 1. The quantitative estimate of drug-likeness (QED) is 0.348. The molecule has 3 heteroatoms. The smallest absolute Gasteiger partial charge is 0.855 e. The summed E-state index contributed by atoms with van der Waals surface area (Å²) < 4.78 is 0. The van der Waals surface area contributed by atoms with E-state index in [-0.39, 0.29) is 42.3 Å². The second-order valence-corrected chi connectivity index (χ2v) is 1.38. The Labute approximate surface area is 73.2 Å². The molecule has 0 heterocycles. The van der Waals surface area contributed by atoms with Crippen molar-refractivity contribution in [2.24, 2.45) is 0 Å². The SMILES string of the molecule is CC(C)O.CC[O-].[Na+]. The third-order valence-electron chi connectivity index (χ3n) is 0. The average Bonchev–Trinajstić information content (AvgIpc) is 1.33. The first kappa shape index (κ1) is 16.0. The van der Waals surface area contributed by atoms with Crippen molar-refractivity contribution < 1.29 is 39.8 Å². The largest absolute Gasteiger partial charge is 1.00 e. The summed E-state index contributed by atoms with van der Waals surface area (Å²) >= 11 is 0. The molecule has 0 saturated carbocycles. The molecule has 0 bridgehead atoms. The molecule has 0 amide bonds. The van der Waals surface area contributed by atoms with Gasteiger partial charge < -0.3 is 10.2 Å². The summed E-state index contributed by atoms with van der Waals surface area (Å²) in [7, 11) is 0. The van der Waals surface area contributed by atoms with Crippen molar-refractivity contribution in [3.63, 3.8) is 0 Å². The fourth-order valence-corrected chi connectivity index (χ4v) is 0. The number of rotatable bonds is 0. The minimum absolute atomic E-state index is 0. The van der Waals surface area contributed by atoms with Crippen molar-refractivity contribution in [2.45, 2.75) is 26.9 Å². The van der Waals surface area contributed by atoms with E-state index < -0.39 is 0 Å². The molecule has 46 valence electrons. The number of hydrogen-bond acceptors (Lipinski definition) is 2. The minimum atomic E-state index is -0.167. The molecule has 0 unspecified atom stereocenters. The molecule has 0 aliphatic carbocycles. The molecule has 0 fully saturated rings. The first-order valence-electron chi connectivity index (χ1n) is 2.41. The van der Waals surface area contributed by atoms with Gasteiger partial charge in [0, 0.05) is 6.10 Å². The average molecular weight is 128 g/mol. The van der Waals surface area contributed by atoms with E-state index >= 15 is 0 Å². The van der Waals surface area contributed by atoms with E-state index in [1.54, 1.807) is 20.8 Å². The van der Waals surface area contributed by atoms with Gasteiger partial charge >= 0.3 is 29.6 Å².